The van der Waals surface area contributed by atoms with E-state index in [-0.39, 0.29) is 0 Å². The van der Waals surface area contributed by atoms with E-state index in [1.54, 1.807) is 14.2 Å². The van der Waals surface area contributed by atoms with Gasteiger partial charge >= 0.3 is 0 Å². The van der Waals surface area contributed by atoms with Crippen LogP contribution in [0.4, 0.5) is 0 Å². The van der Waals surface area contributed by atoms with Crippen molar-refractivity contribution < 1.29 is 14.0 Å². The highest BCUT2D eigenvalue weighted by Crippen LogP contribution is 2.40. The predicted molar refractivity (Wildman–Crippen MR) is 60.1 cm³/mol. The van der Waals surface area contributed by atoms with Gasteiger partial charge in [0.25, 0.3) is 0 Å². The molecule has 0 fully saturated rings. The number of methoxy groups -OCH3 is 2. The largest absolute Gasteiger partial charge is 0.496 e. The standard InChI is InChI=1S/C11H10ClNO3/c1-14-8-4-3-5-9(15-2)10(8)11-7(12)6-16-13-11/h3-6H,1-2H3. The van der Waals surface area contributed by atoms with Crippen LogP contribution in [-0.4, -0.2) is 19.4 Å². The topological polar surface area (TPSA) is 44.5 Å². The smallest absolute Gasteiger partial charge is 0.143 e. The number of rotatable bonds is 3. The second-order valence-corrected chi connectivity index (χ2v) is 3.46. The van der Waals surface area contributed by atoms with E-state index in [0.717, 1.165) is 0 Å². The third-order valence-electron chi connectivity index (χ3n) is 2.19. The molecule has 5 heteroatoms. The average molecular weight is 240 g/mol. The van der Waals surface area contributed by atoms with Gasteiger partial charge in [-0.2, -0.15) is 0 Å². The van der Waals surface area contributed by atoms with Crippen LogP contribution in [-0.2, 0) is 0 Å². The van der Waals surface area contributed by atoms with Crippen molar-refractivity contribution in [3.05, 3.63) is 29.5 Å². The Morgan fingerprint density at radius 2 is 1.81 bits per heavy atom. The van der Waals surface area contributed by atoms with Gasteiger partial charge in [-0.3, -0.25) is 0 Å². The summed E-state index contributed by atoms with van der Waals surface area (Å²) in [4.78, 5) is 0. The fourth-order valence-corrected chi connectivity index (χ4v) is 1.64. The maximum Gasteiger partial charge on any atom is 0.143 e. The van der Waals surface area contributed by atoms with Crippen molar-refractivity contribution in [3.8, 4) is 22.8 Å². The number of ether oxygens (including phenoxy) is 2. The molecule has 1 aromatic heterocycles. The van der Waals surface area contributed by atoms with Gasteiger partial charge in [0, 0.05) is 0 Å². The summed E-state index contributed by atoms with van der Waals surface area (Å²) in [6.07, 6.45) is 1.36. The molecule has 0 spiro atoms. The van der Waals surface area contributed by atoms with E-state index in [1.165, 1.54) is 6.26 Å². The molecule has 0 unspecified atom stereocenters. The Kier molecular flexibility index (Phi) is 3.01. The van der Waals surface area contributed by atoms with Gasteiger partial charge in [0.1, 0.15) is 28.5 Å². The van der Waals surface area contributed by atoms with Gasteiger partial charge in [0.05, 0.1) is 19.8 Å². The van der Waals surface area contributed by atoms with Gasteiger partial charge in [-0.1, -0.05) is 22.8 Å². The van der Waals surface area contributed by atoms with Gasteiger partial charge in [-0.15, -0.1) is 0 Å². The number of aromatic nitrogens is 1. The van der Waals surface area contributed by atoms with Crippen molar-refractivity contribution >= 4 is 11.6 Å². The highest BCUT2D eigenvalue weighted by Gasteiger charge is 2.18. The molecule has 0 aliphatic heterocycles. The minimum Gasteiger partial charge on any atom is -0.496 e. The third kappa shape index (κ3) is 1.72. The first kappa shape index (κ1) is 10.8. The number of benzene rings is 1. The molecular formula is C11H10ClNO3. The fraction of sp³-hybridized carbons (Fsp3) is 0.182. The van der Waals surface area contributed by atoms with Gasteiger partial charge in [0.2, 0.25) is 0 Å². The van der Waals surface area contributed by atoms with Gasteiger partial charge in [-0.05, 0) is 12.1 Å². The van der Waals surface area contributed by atoms with E-state index in [1.807, 2.05) is 18.2 Å². The summed E-state index contributed by atoms with van der Waals surface area (Å²) >= 11 is 5.96. The lowest BCUT2D eigenvalue weighted by Crippen LogP contribution is -1.93. The Bertz CT molecular complexity index is 473. The van der Waals surface area contributed by atoms with Crippen LogP contribution in [0.2, 0.25) is 5.02 Å². The first-order valence-corrected chi connectivity index (χ1v) is 4.97. The first-order valence-electron chi connectivity index (χ1n) is 4.59. The van der Waals surface area contributed by atoms with Crippen LogP contribution >= 0.6 is 11.6 Å². The molecule has 0 saturated heterocycles. The van der Waals surface area contributed by atoms with Crippen LogP contribution in [0.25, 0.3) is 11.3 Å². The summed E-state index contributed by atoms with van der Waals surface area (Å²) in [5.74, 6) is 1.27. The Balaban J connectivity index is 2.66. The van der Waals surface area contributed by atoms with Crippen molar-refractivity contribution in [2.75, 3.05) is 14.2 Å². The fourth-order valence-electron chi connectivity index (χ4n) is 1.47. The lowest BCUT2D eigenvalue weighted by atomic mass is 10.1. The lowest BCUT2D eigenvalue weighted by molar-refractivity contribution is 0.393. The SMILES string of the molecule is COc1cccc(OC)c1-c1nocc1Cl. The summed E-state index contributed by atoms with van der Waals surface area (Å²) in [5.41, 5.74) is 1.20. The zero-order chi connectivity index (χ0) is 11.5. The van der Waals surface area contributed by atoms with Crippen LogP contribution in [0.15, 0.2) is 29.0 Å². The summed E-state index contributed by atoms with van der Waals surface area (Å²) < 4.78 is 15.3. The van der Waals surface area contributed by atoms with E-state index in [9.17, 15) is 0 Å². The van der Waals surface area contributed by atoms with Crippen LogP contribution in [0, 0.1) is 0 Å². The molecule has 0 aliphatic rings. The highest BCUT2D eigenvalue weighted by atomic mass is 35.5. The third-order valence-corrected chi connectivity index (χ3v) is 2.46. The minimum absolute atomic E-state index is 0.419. The Morgan fingerprint density at radius 1 is 1.19 bits per heavy atom. The molecule has 0 saturated carbocycles. The van der Waals surface area contributed by atoms with E-state index in [2.05, 4.69) is 5.16 Å². The van der Waals surface area contributed by atoms with Crippen molar-refractivity contribution in [3.63, 3.8) is 0 Å². The Morgan fingerprint density at radius 3 is 2.25 bits per heavy atom. The molecule has 1 heterocycles. The van der Waals surface area contributed by atoms with Crippen molar-refractivity contribution in [2.45, 2.75) is 0 Å². The van der Waals surface area contributed by atoms with Crippen molar-refractivity contribution in [1.82, 2.24) is 5.16 Å². The van der Waals surface area contributed by atoms with E-state index in [4.69, 9.17) is 25.6 Å². The molecule has 0 bridgehead atoms. The van der Waals surface area contributed by atoms with Crippen molar-refractivity contribution in [1.29, 1.82) is 0 Å². The van der Waals surface area contributed by atoms with Gasteiger partial charge in [0.15, 0.2) is 0 Å². The molecular weight excluding hydrogens is 230 g/mol. The molecule has 0 atom stereocenters. The molecule has 0 N–H and O–H groups in total. The molecule has 0 radical (unpaired) electrons. The summed E-state index contributed by atoms with van der Waals surface area (Å²) in [6.45, 7) is 0. The zero-order valence-corrected chi connectivity index (χ0v) is 9.62. The predicted octanol–water partition coefficient (Wildman–Crippen LogP) is 3.01. The van der Waals surface area contributed by atoms with Crippen LogP contribution in [0.1, 0.15) is 0 Å². The molecule has 2 aromatic rings. The maximum absolute atomic E-state index is 5.96. The Hall–Kier alpha value is -1.68. The number of hydrogen-bond acceptors (Lipinski definition) is 4. The van der Waals surface area contributed by atoms with Crippen LogP contribution < -0.4 is 9.47 Å². The zero-order valence-electron chi connectivity index (χ0n) is 8.86. The number of halogens is 1. The number of nitrogens with zero attached hydrogens (tertiary/aromatic N) is 1. The monoisotopic (exact) mass is 239 g/mol. The molecule has 4 nitrogen and oxygen atoms in total. The molecule has 84 valence electrons. The van der Waals surface area contributed by atoms with Crippen molar-refractivity contribution in [2.24, 2.45) is 0 Å². The van der Waals surface area contributed by atoms with Gasteiger partial charge < -0.3 is 14.0 Å². The van der Waals surface area contributed by atoms with Gasteiger partial charge in [-0.25, -0.2) is 0 Å². The molecule has 16 heavy (non-hydrogen) atoms. The highest BCUT2D eigenvalue weighted by molar-refractivity contribution is 6.33. The second kappa shape index (κ2) is 4.45. The quantitative estimate of drug-likeness (QED) is 0.826. The molecule has 1 aromatic carbocycles. The van der Waals surface area contributed by atoms with Crippen LogP contribution in [0.3, 0.4) is 0 Å². The molecule has 0 amide bonds. The Labute approximate surface area is 97.7 Å². The summed E-state index contributed by atoms with van der Waals surface area (Å²) in [7, 11) is 3.15. The second-order valence-electron chi connectivity index (χ2n) is 3.05. The lowest BCUT2D eigenvalue weighted by Gasteiger charge is -2.10. The van der Waals surface area contributed by atoms with E-state index >= 15 is 0 Å². The summed E-state index contributed by atoms with van der Waals surface area (Å²) in [6, 6.07) is 5.45. The minimum atomic E-state index is 0.419. The maximum atomic E-state index is 5.96. The normalized spacial score (nSPS) is 10.2. The average Bonchev–Trinajstić information content (AvgIpc) is 2.74. The number of hydrogen-bond donors (Lipinski definition) is 0. The van der Waals surface area contributed by atoms with E-state index in [0.29, 0.717) is 27.8 Å². The van der Waals surface area contributed by atoms with Crippen LogP contribution in [0.5, 0.6) is 11.5 Å². The van der Waals surface area contributed by atoms with E-state index < -0.39 is 0 Å². The molecule has 0 aliphatic carbocycles. The first-order chi connectivity index (χ1) is 7.77. The summed E-state index contributed by atoms with van der Waals surface area (Å²) in [5, 5.41) is 4.26. The molecule has 2 rings (SSSR count).